The average molecular weight is 336 g/mol. The highest BCUT2D eigenvalue weighted by atomic mass is 16.3. The molecule has 6 nitrogen and oxygen atoms in total. The van der Waals surface area contributed by atoms with Crippen LogP contribution in [-0.2, 0) is 0 Å². The smallest absolute Gasteiger partial charge is 0.257 e. The fourth-order valence-corrected chi connectivity index (χ4v) is 2.68. The molecule has 6 heteroatoms. The molecule has 0 saturated heterocycles. The fraction of sp³-hybridized carbons (Fsp3) is 0.211. The molecule has 1 atom stereocenters. The lowest BCUT2D eigenvalue weighted by Crippen LogP contribution is -2.14. The normalized spacial score (nSPS) is 12.0. The molecule has 0 aliphatic heterocycles. The zero-order valence-corrected chi connectivity index (χ0v) is 14.4. The summed E-state index contributed by atoms with van der Waals surface area (Å²) in [5.41, 5.74) is 3.59. The second-order valence-electron chi connectivity index (χ2n) is 5.96. The van der Waals surface area contributed by atoms with Crippen molar-refractivity contribution in [3.05, 3.63) is 71.2 Å². The van der Waals surface area contributed by atoms with Gasteiger partial charge in [0.05, 0.1) is 17.4 Å². The summed E-state index contributed by atoms with van der Waals surface area (Å²) >= 11 is 0. The predicted molar refractivity (Wildman–Crippen MR) is 95.9 cm³/mol. The zero-order chi connectivity index (χ0) is 18.0. The van der Waals surface area contributed by atoms with Crippen LogP contribution in [0.1, 0.15) is 40.3 Å². The summed E-state index contributed by atoms with van der Waals surface area (Å²) in [4.78, 5) is 16.8. The number of hydrogen-bond acceptors (Lipinski definition) is 4. The van der Waals surface area contributed by atoms with E-state index >= 15 is 0 Å². The zero-order valence-electron chi connectivity index (χ0n) is 14.4. The summed E-state index contributed by atoms with van der Waals surface area (Å²) in [5, 5.41) is 17.0. The molecule has 1 aromatic carbocycles. The van der Waals surface area contributed by atoms with Crippen molar-refractivity contribution in [3.63, 3.8) is 0 Å². The minimum atomic E-state index is -0.664. The molecule has 1 amide bonds. The Kier molecular flexibility index (Phi) is 4.63. The van der Waals surface area contributed by atoms with E-state index in [0.717, 1.165) is 11.4 Å². The molecule has 3 aromatic rings. The van der Waals surface area contributed by atoms with E-state index in [4.69, 9.17) is 0 Å². The van der Waals surface area contributed by atoms with Crippen LogP contribution in [0.3, 0.4) is 0 Å². The summed E-state index contributed by atoms with van der Waals surface area (Å²) in [6.45, 7) is 5.54. The largest absolute Gasteiger partial charge is 0.389 e. The number of aliphatic hydroxyl groups is 1. The molecule has 0 aliphatic rings. The topological polar surface area (TPSA) is 80.0 Å². The van der Waals surface area contributed by atoms with Gasteiger partial charge in [0.25, 0.3) is 5.91 Å². The molecule has 128 valence electrons. The van der Waals surface area contributed by atoms with Crippen molar-refractivity contribution >= 4 is 11.6 Å². The van der Waals surface area contributed by atoms with Crippen molar-refractivity contribution in [3.8, 4) is 5.82 Å². The van der Waals surface area contributed by atoms with Gasteiger partial charge in [0.15, 0.2) is 5.82 Å². The molecule has 0 spiro atoms. The molecule has 0 bridgehead atoms. The van der Waals surface area contributed by atoms with Gasteiger partial charge in [0.2, 0.25) is 0 Å². The number of benzene rings is 1. The molecular weight excluding hydrogens is 316 g/mol. The Morgan fingerprint density at radius 1 is 1.20 bits per heavy atom. The van der Waals surface area contributed by atoms with Gasteiger partial charge in [-0.15, -0.1) is 0 Å². The molecular formula is C19H20N4O2. The van der Waals surface area contributed by atoms with Crippen molar-refractivity contribution in [2.24, 2.45) is 0 Å². The maximum Gasteiger partial charge on any atom is 0.257 e. The van der Waals surface area contributed by atoms with Crippen LogP contribution in [0.15, 0.2) is 48.7 Å². The van der Waals surface area contributed by atoms with Crippen molar-refractivity contribution in [1.82, 2.24) is 14.8 Å². The number of nitrogens with one attached hydrogen (secondary N) is 1. The van der Waals surface area contributed by atoms with Gasteiger partial charge in [-0.3, -0.25) is 4.79 Å². The third-order valence-corrected chi connectivity index (χ3v) is 3.90. The van der Waals surface area contributed by atoms with Crippen LogP contribution in [0.5, 0.6) is 0 Å². The molecule has 2 aromatic heterocycles. The van der Waals surface area contributed by atoms with E-state index in [9.17, 15) is 9.90 Å². The second-order valence-corrected chi connectivity index (χ2v) is 5.96. The number of aryl methyl sites for hydroxylation is 2. The van der Waals surface area contributed by atoms with Gasteiger partial charge < -0.3 is 10.4 Å². The Balaban J connectivity index is 1.81. The summed E-state index contributed by atoms with van der Waals surface area (Å²) in [7, 11) is 0. The number of hydrogen-bond donors (Lipinski definition) is 2. The number of para-hydroxylation sites is 1. The van der Waals surface area contributed by atoms with Crippen molar-refractivity contribution in [1.29, 1.82) is 0 Å². The minimum absolute atomic E-state index is 0.277. The highest BCUT2D eigenvalue weighted by Crippen LogP contribution is 2.22. The van der Waals surface area contributed by atoms with E-state index in [1.54, 1.807) is 35.9 Å². The van der Waals surface area contributed by atoms with Gasteiger partial charge in [0.1, 0.15) is 0 Å². The van der Waals surface area contributed by atoms with Crippen molar-refractivity contribution in [2.45, 2.75) is 26.9 Å². The van der Waals surface area contributed by atoms with Crippen LogP contribution < -0.4 is 5.32 Å². The third kappa shape index (κ3) is 3.59. The van der Waals surface area contributed by atoms with Crippen molar-refractivity contribution in [2.75, 3.05) is 5.32 Å². The molecule has 0 aliphatic carbocycles. The number of nitrogens with zero attached hydrogens (tertiary/aromatic N) is 3. The first-order chi connectivity index (χ1) is 12.0. The SMILES string of the molecule is Cc1cc(C)n(-c2ccc(C(=O)Nc3ccccc3C(C)O)cn2)n1. The van der Waals surface area contributed by atoms with E-state index < -0.39 is 6.10 Å². The number of amides is 1. The first kappa shape index (κ1) is 16.9. The van der Waals surface area contributed by atoms with E-state index in [-0.39, 0.29) is 5.91 Å². The Bertz CT molecular complexity index is 898. The van der Waals surface area contributed by atoms with Crippen LogP contribution in [0, 0.1) is 13.8 Å². The lowest BCUT2D eigenvalue weighted by molar-refractivity contribution is 0.102. The number of carbonyl (C=O) groups is 1. The monoisotopic (exact) mass is 336 g/mol. The Morgan fingerprint density at radius 2 is 1.96 bits per heavy atom. The maximum absolute atomic E-state index is 12.5. The molecule has 0 radical (unpaired) electrons. The average Bonchev–Trinajstić information content (AvgIpc) is 2.93. The lowest BCUT2D eigenvalue weighted by Gasteiger charge is -2.13. The van der Waals surface area contributed by atoms with Crippen LogP contribution >= 0.6 is 0 Å². The highest BCUT2D eigenvalue weighted by Gasteiger charge is 2.13. The number of rotatable bonds is 4. The Hall–Kier alpha value is -2.99. The first-order valence-electron chi connectivity index (χ1n) is 8.04. The molecule has 2 heterocycles. The molecule has 1 unspecified atom stereocenters. The van der Waals surface area contributed by atoms with Gasteiger partial charge in [0, 0.05) is 23.1 Å². The van der Waals surface area contributed by atoms with Gasteiger partial charge in [-0.25, -0.2) is 9.67 Å². The number of pyridine rings is 1. The molecule has 25 heavy (non-hydrogen) atoms. The van der Waals surface area contributed by atoms with Gasteiger partial charge in [-0.2, -0.15) is 5.10 Å². The van der Waals surface area contributed by atoms with E-state index in [1.165, 1.54) is 6.20 Å². The lowest BCUT2D eigenvalue weighted by atomic mass is 10.1. The second kappa shape index (κ2) is 6.86. The van der Waals surface area contributed by atoms with Crippen LogP contribution in [0.25, 0.3) is 5.82 Å². The van der Waals surface area contributed by atoms with Gasteiger partial charge >= 0.3 is 0 Å². The summed E-state index contributed by atoms with van der Waals surface area (Å²) in [5.74, 6) is 0.382. The number of anilines is 1. The summed E-state index contributed by atoms with van der Waals surface area (Å²) in [6, 6.07) is 12.6. The maximum atomic E-state index is 12.5. The van der Waals surface area contributed by atoms with E-state index in [0.29, 0.717) is 22.6 Å². The Morgan fingerprint density at radius 3 is 2.56 bits per heavy atom. The first-order valence-corrected chi connectivity index (χ1v) is 8.04. The molecule has 2 N–H and O–H groups in total. The minimum Gasteiger partial charge on any atom is -0.389 e. The van der Waals surface area contributed by atoms with Crippen LogP contribution in [0.4, 0.5) is 5.69 Å². The predicted octanol–water partition coefficient (Wildman–Crippen LogP) is 3.19. The highest BCUT2D eigenvalue weighted by molar-refractivity contribution is 6.04. The van der Waals surface area contributed by atoms with Crippen LogP contribution in [-0.4, -0.2) is 25.8 Å². The van der Waals surface area contributed by atoms with E-state index in [2.05, 4.69) is 15.4 Å². The van der Waals surface area contributed by atoms with Crippen LogP contribution in [0.2, 0.25) is 0 Å². The van der Waals surface area contributed by atoms with Gasteiger partial charge in [-0.1, -0.05) is 18.2 Å². The molecule has 0 fully saturated rings. The fourth-order valence-electron chi connectivity index (χ4n) is 2.68. The standard InChI is InChI=1S/C19H20N4O2/c1-12-10-13(2)23(22-12)18-9-8-15(11-20-18)19(25)21-17-7-5-4-6-16(17)14(3)24/h4-11,14,24H,1-3H3,(H,21,25). The summed E-state index contributed by atoms with van der Waals surface area (Å²) in [6.07, 6.45) is 0.856. The van der Waals surface area contributed by atoms with Gasteiger partial charge in [-0.05, 0) is 45.0 Å². The third-order valence-electron chi connectivity index (χ3n) is 3.90. The number of carbonyl (C=O) groups excluding carboxylic acids is 1. The van der Waals surface area contributed by atoms with E-state index in [1.807, 2.05) is 32.0 Å². The quantitative estimate of drug-likeness (QED) is 0.767. The molecule has 0 saturated carbocycles. The van der Waals surface area contributed by atoms with Crippen molar-refractivity contribution < 1.29 is 9.90 Å². The Labute approximate surface area is 146 Å². The summed E-state index contributed by atoms with van der Waals surface area (Å²) < 4.78 is 1.74. The number of aromatic nitrogens is 3. The molecule has 3 rings (SSSR count). The number of aliphatic hydroxyl groups excluding tert-OH is 1.